The van der Waals surface area contributed by atoms with Gasteiger partial charge in [-0.3, -0.25) is 4.79 Å². The predicted molar refractivity (Wildman–Crippen MR) is 135 cm³/mol. The van der Waals surface area contributed by atoms with Crippen LogP contribution >= 0.6 is 11.8 Å². The first-order chi connectivity index (χ1) is 16.9. The monoisotopic (exact) mass is 499 g/mol. The van der Waals surface area contributed by atoms with Crippen molar-refractivity contribution >= 4 is 29.0 Å². The summed E-state index contributed by atoms with van der Waals surface area (Å²) in [6.07, 6.45) is -0.400. The molecule has 4 rings (SSSR count). The molecule has 3 aromatic rings. The second-order valence-corrected chi connectivity index (χ2v) is 9.44. The highest BCUT2D eigenvalue weighted by Crippen LogP contribution is 2.28. The van der Waals surface area contributed by atoms with Crippen molar-refractivity contribution in [2.75, 3.05) is 42.3 Å². The van der Waals surface area contributed by atoms with E-state index in [0.29, 0.717) is 16.7 Å². The van der Waals surface area contributed by atoms with Crippen LogP contribution in [0.15, 0.2) is 53.7 Å². The lowest BCUT2D eigenvalue weighted by molar-refractivity contribution is -0.113. The summed E-state index contributed by atoms with van der Waals surface area (Å²) in [5.41, 5.74) is 1.87. The lowest BCUT2D eigenvalue weighted by Gasteiger charge is -2.28. The number of anilines is 2. The number of carbonyl (C=O) groups excluding carboxylic acids is 1. The Morgan fingerprint density at radius 3 is 2.43 bits per heavy atom. The van der Waals surface area contributed by atoms with E-state index in [1.165, 1.54) is 23.9 Å². The first-order valence-corrected chi connectivity index (χ1v) is 12.6. The van der Waals surface area contributed by atoms with Crippen LogP contribution in [0.3, 0.4) is 0 Å². The van der Waals surface area contributed by atoms with Crippen molar-refractivity contribution in [3.05, 3.63) is 60.2 Å². The first kappa shape index (κ1) is 25.0. The summed E-state index contributed by atoms with van der Waals surface area (Å²) < 4.78 is 26.5. The Bertz CT molecular complexity index is 1120. The lowest BCUT2D eigenvalue weighted by Crippen LogP contribution is -2.36. The quantitative estimate of drug-likeness (QED) is 0.427. The molecule has 1 fully saturated rings. The van der Waals surface area contributed by atoms with Gasteiger partial charge in [-0.05, 0) is 69.3 Å². The summed E-state index contributed by atoms with van der Waals surface area (Å²) in [6.45, 7) is 9.12. The van der Waals surface area contributed by atoms with Crippen molar-refractivity contribution in [2.24, 2.45) is 0 Å². The number of hydrogen-bond acceptors (Lipinski definition) is 7. The molecule has 1 amide bonds. The maximum absolute atomic E-state index is 13.2. The van der Waals surface area contributed by atoms with Gasteiger partial charge < -0.3 is 24.3 Å². The van der Waals surface area contributed by atoms with Crippen LogP contribution in [-0.2, 0) is 9.53 Å². The number of thioether (sulfide) groups is 1. The third-order valence-corrected chi connectivity index (χ3v) is 6.50. The highest BCUT2D eigenvalue weighted by atomic mass is 32.2. The van der Waals surface area contributed by atoms with Crippen LogP contribution in [0.1, 0.15) is 38.7 Å². The highest BCUT2D eigenvalue weighted by Gasteiger charge is 2.22. The molecule has 0 aliphatic carbocycles. The van der Waals surface area contributed by atoms with Crippen molar-refractivity contribution in [1.82, 2.24) is 14.8 Å². The maximum Gasteiger partial charge on any atom is 0.234 e. The van der Waals surface area contributed by atoms with Crippen LogP contribution in [0.25, 0.3) is 0 Å². The molecule has 10 heteroatoms. The smallest absolute Gasteiger partial charge is 0.234 e. The highest BCUT2D eigenvalue weighted by molar-refractivity contribution is 7.99. The average molecular weight is 500 g/mol. The van der Waals surface area contributed by atoms with Crippen LogP contribution < -0.4 is 15.0 Å². The van der Waals surface area contributed by atoms with E-state index in [1.807, 2.05) is 49.6 Å². The van der Waals surface area contributed by atoms with Crippen molar-refractivity contribution in [2.45, 2.75) is 38.1 Å². The van der Waals surface area contributed by atoms with E-state index in [1.54, 1.807) is 12.1 Å². The molecule has 1 saturated heterocycles. The molecule has 1 aromatic heterocycles. The number of benzene rings is 2. The maximum atomic E-state index is 13.2. The molecule has 1 atom stereocenters. The zero-order valence-corrected chi connectivity index (χ0v) is 20.9. The number of nitrogens with zero attached hydrogens (tertiary/aromatic N) is 4. The summed E-state index contributed by atoms with van der Waals surface area (Å²) in [4.78, 5) is 14.9. The molecule has 2 aromatic carbocycles. The molecule has 0 saturated carbocycles. The van der Waals surface area contributed by atoms with E-state index in [2.05, 4.69) is 20.4 Å². The summed E-state index contributed by atoms with van der Waals surface area (Å²) in [7, 11) is 0. The van der Waals surface area contributed by atoms with Crippen molar-refractivity contribution in [3.63, 3.8) is 0 Å². The van der Waals surface area contributed by atoms with Gasteiger partial charge >= 0.3 is 0 Å². The molecule has 1 N–H and O–H groups in total. The number of carbonyl (C=O) groups is 1. The van der Waals surface area contributed by atoms with Crippen molar-refractivity contribution < 1.29 is 18.7 Å². The molecular formula is C25H30FN5O3S. The van der Waals surface area contributed by atoms with Gasteiger partial charge in [-0.25, -0.2) is 4.39 Å². The number of ether oxygens (including phenoxy) is 2. The molecule has 1 aliphatic rings. The number of rotatable bonds is 9. The molecule has 1 aliphatic heterocycles. The minimum Gasteiger partial charge on any atom is -0.483 e. The van der Waals surface area contributed by atoms with Crippen LogP contribution in [-0.4, -0.2) is 52.7 Å². The van der Waals surface area contributed by atoms with Crippen molar-refractivity contribution in [1.29, 1.82) is 0 Å². The molecular weight excluding hydrogens is 469 g/mol. The van der Waals surface area contributed by atoms with E-state index in [4.69, 9.17) is 9.47 Å². The molecule has 35 heavy (non-hydrogen) atoms. The second-order valence-electron chi connectivity index (χ2n) is 8.50. The van der Waals surface area contributed by atoms with E-state index in [9.17, 15) is 9.18 Å². The van der Waals surface area contributed by atoms with Gasteiger partial charge in [-0.15, -0.1) is 10.2 Å². The van der Waals surface area contributed by atoms with Crippen LogP contribution in [0.4, 0.5) is 15.8 Å². The number of aromatic nitrogens is 3. The molecule has 0 bridgehead atoms. The zero-order chi connectivity index (χ0) is 24.8. The summed E-state index contributed by atoms with van der Waals surface area (Å²) in [5.74, 6) is 0.949. The summed E-state index contributed by atoms with van der Waals surface area (Å²) in [5, 5.41) is 12.2. The Balaban J connectivity index is 1.35. The van der Waals surface area contributed by atoms with Crippen LogP contribution in [0.2, 0.25) is 0 Å². The van der Waals surface area contributed by atoms with Gasteiger partial charge in [0.2, 0.25) is 5.91 Å². The molecule has 1 unspecified atom stereocenters. The SMILES string of the molecule is CC(Oc1ccc(F)cc1)c1nnc(SCC(=O)Nc2ccc(N3CCOCC3)cc2)n1C(C)C. The van der Waals surface area contributed by atoms with Gasteiger partial charge in [0.1, 0.15) is 11.6 Å². The summed E-state index contributed by atoms with van der Waals surface area (Å²) in [6, 6.07) is 13.8. The fourth-order valence-corrected chi connectivity index (χ4v) is 4.70. The topological polar surface area (TPSA) is 81.5 Å². The number of amides is 1. The van der Waals surface area contributed by atoms with Gasteiger partial charge in [0.05, 0.1) is 19.0 Å². The standard InChI is InChI=1S/C25H30FN5O3S/c1-17(2)31-24(18(3)34-22-10-4-19(26)5-11-22)28-29-25(31)35-16-23(32)27-20-6-8-21(9-7-20)30-12-14-33-15-13-30/h4-11,17-18H,12-16H2,1-3H3,(H,27,32). The third-order valence-electron chi connectivity index (χ3n) is 5.56. The van der Waals surface area contributed by atoms with E-state index < -0.39 is 6.10 Å². The number of morpholine rings is 1. The lowest BCUT2D eigenvalue weighted by atomic mass is 10.2. The second kappa shape index (κ2) is 11.5. The van der Waals surface area contributed by atoms with Gasteiger partial charge in [-0.2, -0.15) is 0 Å². The van der Waals surface area contributed by atoms with Gasteiger partial charge in [0, 0.05) is 30.5 Å². The molecule has 186 valence electrons. The van der Waals surface area contributed by atoms with Crippen molar-refractivity contribution in [3.8, 4) is 5.75 Å². The van der Waals surface area contributed by atoms with E-state index in [0.717, 1.165) is 37.7 Å². The number of halogens is 1. The third kappa shape index (κ3) is 6.52. The number of hydrogen-bond donors (Lipinski definition) is 1. The van der Waals surface area contributed by atoms with Crippen LogP contribution in [0, 0.1) is 5.82 Å². The minimum absolute atomic E-state index is 0.0672. The average Bonchev–Trinajstić information content (AvgIpc) is 3.30. The van der Waals surface area contributed by atoms with Gasteiger partial charge in [-0.1, -0.05) is 11.8 Å². The van der Waals surface area contributed by atoms with Gasteiger partial charge in [0.15, 0.2) is 17.1 Å². The Morgan fingerprint density at radius 2 is 1.77 bits per heavy atom. The Hall–Kier alpha value is -3.11. The molecule has 8 nitrogen and oxygen atoms in total. The Kier molecular flexibility index (Phi) is 8.25. The van der Waals surface area contributed by atoms with E-state index in [-0.39, 0.29) is 23.5 Å². The fraction of sp³-hybridized carbons (Fsp3) is 0.400. The van der Waals surface area contributed by atoms with Gasteiger partial charge in [0.25, 0.3) is 0 Å². The first-order valence-electron chi connectivity index (χ1n) is 11.6. The molecule has 0 radical (unpaired) electrons. The molecule has 2 heterocycles. The zero-order valence-electron chi connectivity index (χ0n) is 20.1. The summed E-state index contributed by atoms with van der Waals surface area (Å²) >= 11 is 1.33. The fourth-order valence-electron chi connectivity index (χ4n) is 3.82. The van der Waals surface area contributed by atoms with E-state index >= 15 is 0 Å². The largest absolute Gasteiger partial charge is 0.483 e. The normalized spacial score (nSPS) is 14.7. The number of nitrogens with one attached hydrogen (secondary N) is 1. The molecule has 0 spiro atoms. The Morgan fingerprint density at radius 1 is 1.09 bits per heavy atom. The predicted octanol–water partition coefficient (Wildman–Crippen LogP) is 4.71. The van der Waals surface area contributed by atoms with Crippen LogP contribution in [0.5, 0.6) is 5.75 Å². The Labute approximate surface area is 208 Å². The minimum atomic E-state index is -0.400.